The van der Waals surface area contributed by atoms with E-state index < -0.39 is 5.97 Å². The van der Waals surface area contributed by atoms with Gasteiger partial charge in [-0.15, -0.1) is 0 Å². The molecule has 26 heavy (non-hydrogen) atoms. The molecule has 2 amide bonds. The normalized spacial score (nSPS) is 10.0. The summed E-state index contributed by atoms with van der Waals surface area (Å²) in [6.07, 6.45) is 0.0868. The molecule has 2 rings (SSSR count). The van der Waals surface area contributed by atoms with Crippen LogP contribution in [0.5, 0.6) is 0 Å². The van der Waals surface area contributed by atoms with Crippen molar-refractivity contribution in [2.75, 3.05) is 13.1 Å². The van der Waals surface area contributed by atoms with Crippen LogP contribution in [-0.2, 0) is 20.9 Å². The Morgan fingerprint density at radius 2 is 1.73 bits per heavy atom. The van der Waals surface area contributed by atoms with E-state index in [9.17, 15) is 14.4 Å². The van der Waals surface area contributed by atoms with Gasteiger partial charge < -0.3 is 15.4 Å². The zero-order chi connectivity index (χ0) is 18.8. The average molecular weight is 354 g/mol. The summed E-state index contributed by atoms with van der Waals surface area (Å²) in [5.41, 5.74) is 2.42. The summed E-state index contributed by atoms with van der Waals surface area (Å²) >= 11 is 0. The Hall–Kier alpha value is -3.15. The second-order valence-corrected chi connectivity index (χ2v) is 5.80. The topological polar surface area (TPSA) is 84.5 Å². The molecule has 2 N–H and O–H groups in total. The van der Waals surface area contributed by atoms with Gasteiger partial charge >= 0.3 is 5.97 Å². The smallest absolute Gasteiger partial charge is 0.325 e. The number of benzene rings is 2. The van der Waals surface area contributed by atoms with Crippen molar-refractivity contribution in [3.05, 3.63) is 71.3 Å². The lowest BCUT2D eigenvalue weighted by molar-refractivity contribution is -0.145. The third kappa shape index (κ3) is 6.76. The summed E-state index contributed by atoms with van der Waals surface area (Å²) < 4.78 is 5.07. The van der Waals surface area contributed by atoms with E-state index in [-0.39, 0.29) is 37.9 Å². The monoisotopic (exact) mass is 354 g/mol. The molecule has 0 saturated heterocycles. The van der Waals surface area contributed by atoms with Gasteiger partial charge in [0.2, 0.25) is 5.91 Å². The van der Waals surface area contributed by atoms with E-state index in [2.05, 4.69) is 10.6 Å². The molecule has 0 atom stereocenters. The summed E-state index contributed by atoms with van der Waals surface area (Å²) in [4.78, 5) is 35.3. The van der Waals surface area contributed by atoms with Crippen molar-refractivity contribution in [2.24, 2.45) is 0 Å². The van der Waals surface area contributed by atoms with Crippen LogP contribution in [0.15, 0.2) is 54.6 Å². The number of amides is 2. The van der Waals surface area contributed by atoms with Gasteiger partial charge in [0.15, 0.2) is 0 Å². The summed E-state index contributed by atoms with van der Waals surface area (Å²) in [5.74, 6) is -1.07. The van der Waals surface area contributed by atoms with Crippen molar-refractivity contribution < 1.29 is 19.1 Å². The van der Waals surface area contributed by atoms with Gasteiger partial charge in [-0.2, -0.15) is 0 Å². The Balaban J connectivity index is 1.61. The Bertz CT molecular complexity index is 759. The number of rotatable bonds is 8. The Kier molecular flexibility index (Phi) is 7.36. The van der Waals surface area contributed by atoms with Crippen LogP contribution in [0.2, 0.25) is 0 Å². The van der Waals surface area contributed by atoms with Gasteiger partial charge in [0.1, 0.15) is 13.2 Å². The van der Waals surface area contributed by atoms with E-state index in [0.717, 1.165) is 11.1 Å². The van der Waals surface area contributed by atoms with Gasteiger partial charge in [0.25, 0.3) is 5.91 Å². The van der Waals surface area contributed by atoms with Crippen LogP contribution in [0.3, 0.4) is 0 Å². The van der Waals surface area contributed by atoms with E-state index in [1.807, 2.05) is 43.3 Å². The lowest BCUT2D eigenvalue weighted by Crippen LogP contribution is -2.34. The van der Waals surface area contributed by atoms with Crippen molar-refractivity contribution in [1.29, 1.82) is 0 Å². The maximum absolute atomic E-state index is 11.9. The largest absolute Gasteiger partial charge is 0.460 e. The Morgan fingerprint density at radius 1 is 0.962 bits per heavy atom. The molecule has 0 aliphatic rings. The summed E-state index contributed by atoms with van der Waals surface area (Å²) in [6, 6.07) is 16.5. The van der Waals surface area contributed by atoms with Gasteiger partial charge in [-0.3, -0.25) is 14.4 Å². The highest BCUT2D eigenvalue weighted by Crippen LogP contribution is 2.03. The average Bonchev–Trinajstić information content (AvgIpc) is 2.65. The summed E-state index contributed by atoms with van der Waals surface area (Å²) in [6.45, 7) is 2.07. The molecule has 0 bridgehead atoms. The standard InChI is InChI=1S/C20H22N2O4/c1-15-6-5-9-17(12-15)20(25)21-11-10-18(23)22-13-19(24)26-14-16-7-3-2-4-8-16/h2-9,12H,10-11,13-14H2,1H3,(H,21,25)(H,22,23). The van der Waals surface area contributed by atoms with E-state index in [4.69, 9.17) is 4.74 Å². The second-order valence-electron chi connectivity index (χ2n) is 5.80. The third-order valence-corrected chi connectivity index (χ3v) is 3.59. The summed E-state index contributed by atoms with van der Waals surface area (Å²) in [5, 5.41) is 5.15. The summed E-state index contributed by atoms with van der Waals surface area (Å²) in [7, 11) is 0. The van der Waals surface area contributed by atoms with Crippen molar-refractivity contribution in [2.45, 2.75) is 20.0 Å². The predicted molar refractivity (Wildman–Crippen MR) is 97.4 cm³/mol. The van der Waals surface area contributed by atoms with Gasteiger partial charge in [-0.25, -0.2) is 0 Å². The van der Waals surface area contributed by atoms with Crippen molar-refractivity contribution in [1.82, 2.24) is 10.6 Å². The van der Waals surface area contributed by atoms with E-state index >= 15 is 0 Å². The predicted octanol–water partition coefficient (Wildman–Crippen LogP) is 1.97. The highest BCUT2D eigenvalue weighted by atomic mass is 16.5. The highest BCUT2D eigenvalue weighted by Gasteiger charge is 2.09. The molecule has 2 aromatic rings. The fourth-order valence-corrected chi connectivity index (χ4v) is 2.23. The molecule has 6 nitrogen and oxygen atoms in total. The van der Waals surface area contributed by atoms with Crippen molar-refractivity contribution in [3.63, 3.8) is 0 Å². The van der Waals surface area contributed by atoms with Crippen LogP contribution < -0.4 is 10.6 Å². The molecule has 6 heteroatoms. The molecule has 0 radical (unpaired) electrons. The van der Waals surface area contributed by atoms with E-state index in [0.29, 0.717) is 5.56 Å². The first-order chi connectivity index (χ1) is 12.5. The van der Waals surface area contributed by atoms with Crippen LogP contribution in [0.1, 0.15) is 27.9 Å². The zero-order valence-electron chi connectivity index (χ0n) is 14.7. The molecule has 0 spiro atoms. The molecule has 0 aromatic heterocycles. The van der Waals surface area contributed by atoms with Gasteiger partial charge in [0, 0.05) is 18.5 Å². The minimum atomic E-state index is -0.508. The zero-order valence-corrected chi connectivity index (χ0v) is 14.7. The van der Waals surface area contributed by atoms with Crippen molar-refractivity contribution in [3.8, 4) is 0 Å². The number of hydrogen-bond acceptors (Lipinski definition) is 4. The third-order valence-electron chi connectivity index (χ3n) is 3.59. The van der Waals surface area contributed by atoms with Crippen molar-refractivity contribution >= 4 is 17.8 Å². The number of nitrogens with one attached hydrogen (secondary N) is 2. The Labute approximate surface area is 152 Å². The fraction of sp³-hybridized carbons (Fsp3) is 0.250. The number of esters is 1. The minimum Gasteiger partial charge on any atom is -0.460 e. The van der Waals surface area contributed by atoms with Crippen LogP contribution in [0, 0.1) is 6.92 Å². The molecular weight excluding hydrogens is 332 g/mol. The molecule has 0 aliphatic carbocycles. The molecule has 0 aliphatic heterocycles. The second kappa shape index (κ2) is 9.98. The maximum Gasteiger partial charge on any atom is 0.325 e. The van der Waals surface area contributed by atoms with Gasteiger partial charge in [-0.1, -0.05) is 48.0 Å². The molecule has 0 heterocycles. The van der Waals surface area contributed by atoms with E-state index in [1.54, 1.807) is 18.2 Å². The quantitative estimate of drug-likeness (QED) is 0.710. The van der Waals surface area contributed by atoms with Crippen LogP contribution in [-0.4, -0.2) is 30.9 Å². The molecule has 136 valence electrons. The number of aryl methyl sites for hydroxylation is 1. The maximum atomic E-state index is 11.9. The SMILES string of the molecule is Cc1cccc(C(=O)NCCC(=O)NCC(=O)OCc2ccccc2)c1. The number of carbonyl (C=O) groups excluding carboxylic acids is 3. The lowest BCUT2D eigenvalue weighted by atomic mass is 10.1. The fourth-order valence-electron chi connectivity index (χ4n) is 2.23. The minimum absolute atomic E-state index is 0.0868. The highest BCUT2D eigenvalue weighted by molar-refractivity contribution is 5.94. The van der Waals surface area contributed by atoms with E-state index in [1.165, 1.54) is 0 Å². The Morgan fingerprint density at radius 3 is 2.46 bits per heavy atom. The molecule has 0 unspecified atom stereocenters. The number of hydrogen-bond donors (Lipinski definition) is 2. The first kappa shape index (κ1) is 19.2. The lowest BCUT2D eigenvalue weighted by Gasteiger charge is -2.08. The van der Waals surface area contributed by atoms with Crippen LogP contribution in [0.25, 0.3) is 0 Å². The first-order valence-electron chi connectivity index (χ1n) is 8.35. The molecule has 0 fully saturated rings. The molecular formula is C20H22N2O4. The van der Waals surface area contributed by atoms with Gasteiger partial charge in [0.05, 0.1) is 0 Å². The molecule has 0 saturated carbocycles. The van der Waals surface area contributed by atoms with Gasteiger partial charge in [-0.05, 0) is 24.6 Å². The molecule has 2 aromatic carbocycles. The van der Waals surface area contributed by atoms with Crippen LogP contribution >= 0.6 is 0 Å². The first-order valence-corrected chi connectivity index (χ1v) is 8.35. The number of carbonyl (C=O) groups is 3. The number of ether oxygens (including phenoxy) is 1. The van der Waals surface area contributed by atoms with Crippen LogP contribution in [0.4, 0.5) is 0 Å².